The van der Waals surface area contributed by atoms with Crippen LogP contribution in [0.3, 0.4) is 0 Å². The van der Waals surface area contributed by atoms with Gasteiger partial charge in [-0.3, -0.25) is 0 Å². The minimum Gasteiger partial charge on any atom is -0.492 e. The second kappa shape index (κ2) is 6.80. The van der Waals surface area contributed by atoms with Crippen molar-refractivity contribution in [2.75, 3.05) is 26.2 Å². The van der Waals surface area contributed by atoms with Gasteiger partial charge in [-0.05, 0) is 38.5 Å². The van der Waals surface area contributed by atoms with Crippen LogP contribution < -0.4 is 15.4 Å². The summed E-state index contributed by atoms with van der Waals surface area (Å²) in [6, 6.07) is 8.09. The van der Waals surface area contributed by atoms with E-state index >= 15 is 0 Å². The molecule has 0 unspecified atom stereocenters. The van der Waals surface area contributed by atoms with E-state index in [2.05, 4.69) is 43.5 Å². The van der Waals surface area contributed by atoms with Crippen molar-refractivity contribution in [3.05, 3.63) is 29.8 Å². The third-order valence-corrected chi connectivity index (χ3v) is 3.32. The van der Waals surface area contributed by atoms with Gasteiger partial charge in [0, 0.05) is 25.2 Å². The molecule has 1 aromatic carbocycles. The lowest BCUT2D eigenvalue weighted by molar-refractivity contribution is 0.202. The summed E-state index contributed by atoms with van der Waals surface area (Å²) in [6.45, 7) is 9.94. The van der Waals surface area contributed by atoms with Gasteiger partial charge in [0.25, 0.3) is 0 Å². The highest BCUT2D eigenvalue weighted by molar-refractivity contribution is 5.76. The maximum Gasteiger partial charge on any atom is 0.317 e. The molecule has 5 nitrogen and oxygen atoms in total. The van der Waals surface area contributed by atoms with Crippen molar-refractivity contribution in [1.82, 2.24) is 15.5 Å². The zero-order valence-corrected chi connectivity index (χ0v) is 13.1. The predicted molar refractivity (Wildman–Crippen MR) is 83.5 cm³/mol. The minimum atomic E-state index is 0.00204. The highest BCUT2D eigenvalue weighted by atomic mass is 16.5. The molecule has 1 heterocycles. The smallest absolute Gasteiger partial charge is 0.317 e. The number of carbonyl (C=O) groups is 1. The van der Waals surface area contributed by atoms with Crippen molar-refractivity contribution in [1.29, 1.82) is 0 Å². The van der Waals surface area contributed by atoms with E-state index in [1.165, 1.54) is 5.56 Å². The van der Waals surface area contributed by atoms with Crippen molar-refractivity contribution in [2.45, 2.75) is 32.9 Å². The molecule has 0 bridgehead atoms. The Morgan fingerprint density at radius 3 is 2.57 bits per heavy atom. The number of ether oxygens (including phenoxy) is 1. The maximum absolute atomic E-state index is 11.4. The predicted octanol–water partition coefficient (Wildman–Crippen LogP) is 1.98. The van der Waals surface area contributed by atoms with Crippen LogP contribution in [0.15, 0.2) is 24.3 Å². The molecular weight excluding hydrogens is 266 g/mol. The summed E-state index contributed by atoms with van der Waals surface area (Å²) < 4.78 is 5.67. The quantitative estimate of drug-likeness (QED) is 0.842. The van der Waals surface area contributed by atoms with Gasteiger partial charge >= 0.3 is 6.03 Å². The van der Waals surface area contributed by atoms with Crippen LogP contribution in [0.4, 0.5) is 4.79 Å². The number of urea groups is 1. The molecule has 0 radical (unpaired) electrons. The average molecular weight is 291 g/mol. The number of hydrogen-bond acceptors (Lipinski definition) is 3. The van der Waals surface area contributed by atoms with Crippen LogP contribution in [0.1, 0.15) is 26.3 Å². The van der Waals surface area contributed by atoms with Crippen LogP contribution in [0.2, 0.25) is 0 Å². The first-order valence-electron chi connectivity index (χ1n) is 7.44. The number of hydrogen-bond donors (Lipinski definition) is 2. The Morgan fingerprint density at radius 1 is 1.29 bits per heavy atom. The Labute approximate surface area is 126 Å². The van der Waals surface area contributed by atoms with Gasteiger partial charge in [-0.1, -0.05) is 12.1 Å². The van der Waals surface area contributed by atoms with Gasteiger partial charge in [-0.15, -0.1) is 0 Å². The molecule has 0 atom stereocenters. The summed E-state index contributed by atoms with van der Waals surface area (Å²) >= 11 is 0. The Kier molecular flexibility index (Phi) is 5.07. The third-order valence-electron chi connectivity index (χ3n) is 3.32. The largest absolute Gasteiger partial charge is 0.492 e. The zero-order valence-electron chi connectivity index (χ0n) is 13.1. The Morgan fingerprint density at radius 2 is 2.00 bits per heavy atom. The fraction of sp³-hybridized carbons (Fsp3) is 0.562. The third kappa shape index (κ3) is 5.27. The number of rotatable bonds is 6. The zero-order chi connectivity index (χ0) is 15.3. The van der Waals surface area contributed by atoms with E-state index in [0.717, 1.165) is 25.4 Å². The normalized spacial score (nSPS) is 15.2. The van der Waals surface area contributed by atoms with Gasteiger partial charge in [0.1, 0.15) is 12.4 Å². The molecule has 5 heteroatoms. The summed E-state index contributed by atoms with van der Waals surface area (Å²) in [5.41, 5.74) is 1.35. The van der Waals surface area contributed by atoms with E-state index in [-0.39, 0.29) is 11.6 Å². The Bertz CT molecular complexity index is 465. The molecule has 2 N–H and O–H groups in total. The minimum absolute atomic E-state index is 0.00204. The van der Waals surface area contributed by atoms with Crippen LogP contribution in [-0.2, 0) is 6.54 Å². The highest BCUT2D eigenvalue weighted by Gasteiger charge is 2.18. The SMILES string of the molecule is CC(C)(C)NCc1ccc(OCCN2CCNC2=O)cc1. The van der Waals surface area contributed by atoms with Crippen LogP contribution in [-0.4, -0.2) is 42.7 Å². The molecule has 2 amide bonds. The fourth-order valence-corrected chi connectivity index (χ4v) is 2.07. The van der Waals surface area contributed by atoms with Crippen molar-refractivity contribution < 1.29 is 9.53 Å². The monoisotopic (exact) mass is 291 g/mol. The summed E-state index contributed by atoms with van der Waals surface area (Å²) in [5.74, 6) is 0.842. The first-order chi connectivity index (χ1) is 9.94. The topological polar surface area (TPSA) is 53.6 Å². The van der Waals surface area contributed by atoms with Gasteiger partial charge in [0.2, 0.25) is 0 Å². The lowest BCUT2D eigenvalue weighted by atomic mass is 10.1. The first-order valence-corrected chi connectivity index (χ1v) is 7.44. The summed E-state index contributed by atoms with van der Waals surface area (Å²) in [5, 5.41) is 6.23. The molecule has 1 saturated heterocycles. The molecular formula is C16H25N3O2. The molecule has 1 aromatic rings. The van der Waals surface area contributed by atoms with E-state index in [1.807, 2.05) is 12.1 Å². The fourth-order valence-electron chi connectivity index (χ4n) is 2.07. The Hall–Kier alpha value is -1.75. The number of nitrogens with zero attached hydrogens (tertiary/aromatic N) is 1. The summed E-state index contributed by atoms with van der Waals surface area (Å²) in [7, 11) is 0. The van der Waals surface area contributed by atoms with Crippen LogP contribution in [0.25, 0.3) is 0 Å². The highest BCUT2D eigenvalue weighted by Crippen LogP contribution is 2.13. The maximum atomic E-state index is 11.4. The van der Waals surface area contributed by atoms with Crippen molar-refractivity contribution >= 4 is 6.03 Å². The summed E-state index contributed by atoms with van der Waals surface area (Å²) in [4.78, 5) is 13.1. The molecule has 1 aliphatic rings. The molecule has 2 rings (SSSR count). The van der Waals surface area contributed by atoms with E-state index in [0.29, 0.717) is 13.2 Å². The molecule has 0 aliphatic carbocycles. The second-order valence-corrected chi connectivity index (χ2v) is 6.31. The summed E-state index contributed by atoms with van der Waals surface area (Å²) in [6.07, 6.45) is 0. The molecule has 0 aromatic heterocycles. The number of nitrogens with one attached hydrogen (secondary N) is 2. The standard InChI is InChI=1S/C16H25N3O2/c1-16(2,3)18-12-13-4-6-14(7-5-13)21-11-10-19-9-8-17-15(19)20/h4-7,18H,8-12H2,1-3H3,(H,17,20). The number of carbonyl (C=O) groups excluding carboxylic acids is 1. The van der Waals surface area contributed by atoms with Crippen molar-refractivity contribution in [3.8, 4) is 5.75 Å². The molecule has 0 saturated carbocycles. The Balaban J connectivity index is 1.73. The van der Waals surface area contributed by atoms with Crippen LogP contribution in [0, 0.1) is 0 Å². The molecule has 0 spiro atoms. The number of amides is 2. The molecule has 116 valence electrons. The van der Waals surface area contributed by atoms with Gasteiger partial charge in [-0.2, -0.15) is 0 Å². The molecule has 1 fully saturated rings. The van der Waals surface area contributed by atoms with Crippen LogP contribution >= 0.6 is 0 Å². The van der Waals surface area contributed by atoms with Crippen LogP contribution in [0.5, 0.6) is 5.75 Å². The average Bonchev–Trinajstić information content (AvgIpc) is 2.83. The second-order valence-electron chi connectivity index (χ2n) is 6.31. The number of benzene rings is 1. The molecule has 21 heavy (non-hydrogen) atoms. The lowest BCUT2D eigenvalue weighted by Crippen LogP contribution is -2.35. The first kappa shape index (κ1) is 15.6. The van der Waals surface area contributed by atoms with Gasteiger partial charge < -0.3 is 20.3 Å². The van der Waals surface area contributed by atoms with Crippen molar-refractivity contribution in [2.24, 2.45) is 0 Å². The molecule has 1 aliphatic heterocycles. The van der Waals surface area contributed by atoms with Gasteiger partial charge in [0.15, 0.2) is 0 Å². The lowest BCUT2D eigenvalue weighted by Gasteiger charge is -2.20. The van der Waals surface area contributed by atoms with E-state index in [1.54, 1.807) is 4.90 Å². The van der Waals surface area contributed by atoms with Crippen molar-refractivity contribution in [3.63, 3.8) is 0 Å². The van der Waals surface area contributed by atoms with E-state index < -0.39 is 0 Å². The van der Waals surface area contributed by atoms with E-state index in [4.69, 9.17) is 4.74 Å². The van der Waals surface area contributed by atoms with Gasteiger partial charge in [0.05, 0.1) is 6.54 Å². The van der Waals surface area contributed by atoms with E-state index in [9.17, 15) is 4.79 Å². The van der Waals surface area contributed by atoms with Gasteiger partial charge in [-0.25, -0.2) is 4.79 Å².